The minimum absolute atomic E-state index is 0. The summed E-state index contributed by atoms with van der Waals surface area (Å²) in [6.07, 6.45) is 6.41. The number of amidine groups is 1. The Labute approximate surface area is 180 Å². The van der Waals surface area contributed by atoms with Gasteiger partial charge in [-0.25, -0.2) is 0 Å². The van der Waals surface area contributed by atoms with Crippen molar-refractivity contribution in [2.45, 2.75) is 25.8 Å². The van der Waals surface area contributed by atoms with Gasteiger partial charge in [0, 0.05) is 18.7 Å². The summed E-state index contributed by atoms with van der Waals surface area (Å²) in [6, 6.07) is 17.8. The summed E-state index contributed by atoms with van der Waals surface area (Å²) in [4.78, 5) is 9.72. The van der Waals surface area contributed by atoms with E-state index in [4.69, 9.17) is 4.99 Å². The van der Waals surface area contributed by atoms with E-state index in [0.29, 0.717) is 0 Å². The van der Waals surface area contributed by atoms with Gasteiger partial charge in [-0.15, -0.1) is 24.8 Å². The van der Waals surface area contributed by atoms with Gasteiger partial charge >= 0.3 is 0 Å². The Morgan fingerprint density at radius 3 is 2.36 bits per heavy atom. The summed E-state index contributed by atoms with van der Waals surface area (Å²) in [7, 11) is 0. The minimum atomic E-state index is 0. The highest BCUT2D eigenvalue weighted by Crippen LogP contribution is 2.33. The third kappa shape index (κ3) is 3.98. The summed E-state index contributed by atoms with van der Waals surface area (Å²) < 4.78 is 0. The summed E-state index contributed by atoms with van der Waals surface area (Å²) in [6.45, 7) is 5.44. The highest BCUT2D eigenvalue weighted by molar-refractivity contribution is 6.12. The number of likely N-dealkylation sites (tertiary alicyclic amines) is 1. The fourth-order valence-corrected chi connectivity index (χ4v) is 4.36. The van der Waals surface area contributed by atoms with Gasteiger partial charge in [-0.1, -0.05) is 55.0 Å². The highest BCUT2D eigenvalue weighted by Gasteiger charge is 2.28. The normalized spacial score (nSPS) is 18.2. The molecule has 0 spiro atoms. The van der Waals surface area contributed by atoms with E-state index < -0.39 is 0 Å². The van der Waals surface area contributed by atoms with E-state index in [2.05, 4.69) is 64.4 Å². The van der Waals surface area contributed by atoms with Crippen LogP contribution < -0.4 is 0 Å². The zero-order valence-electron chi connectivity index (χ0n) is 16.0. The van der Waals surface area contributed by atoms with E-state index in [0.717, 1.165) is 25.5 Å². The molecule has 1 fully saturated rings. The zero-order valence-corrected chi connectivity index (χ0v) is 17.6. The van der Waals surface area contributed by atoms with Crippen molar-refractivity contribution >= 4 is 42.4 Å². The lowest BCUT2D eigenvalue weighted by Crippen LogP contribution is -2.30. The molecule has 3 nitrogen and oxygen atoms in total. The summed E-state index contributed by atoms with van der Waals surface area (Å²) >= 11 is 0. The van der Waals surface area contributed by atoms with Gasteiger partial charge < -0.3 is 4.90 Å². The van der Waals surface area contributed by atoms with Crippen molar-refractivity contribution in [2.24, 2.45) is 4.99 Å². The third-order valence-corrected chi connectivity index (χ3v) is 5.73. The Balaban J connectivity index is 0.00000112. The van der Waals surface area contributed by atoms with Crippen molar-refractivity contribution in [3.05, 3.63) is 70.8 Å². The van der Waals surface area contributed by atoms with Gasteiger partial charge in [-0.05, 0) is 48.7 Å². The molecule has 0 atom stereocenters. The van der Waals surface area contributed by atoms with E-state index in [1.54, 1.807) is 0 Å². The lowest BCUT2D eigenvalue weighted by molar-refractivity contribution is 0.221. The van der Waals surface area contributed by atoms with Crippen molar-refractivity contribution in [1.29, 1.82) is 0 Å². The molecule has 3 aliphatic heterocycles. The molecular weight excluding hydrogens is 389 g/mol. The van der Waals surface area contributed by atoms with Crippen LogP contribution in [0.25, 0.3) is 11.8 Å². The van der Waals surface area contributed by atoms with E-state index in [1.807, 2.05) is 0 Å². The van der Waals surface area contributed by atoms with Crippen molar-refractivity contribution < 1.29 is 0 Å². The molecule has 0 unspecified atom stereocenters. The standard InChI is InChI=1S/C23H25N3.2ClH/c1-4-13-25(14-5-1)17-18-8-10-19(11-9-18)22-16-20-6-2-3-7-21(20)23-24-12-15-26(22)23;;/h2-3,6-11,16H,1,4-5,12-15,17H2;2*1H. The second-order valence-electron chi connectivity index (χ2n) is 7.51. The van der Waals surface area contributed by atoms with E-state index in [9.17, 15) is 0 Å². The highest BCUT2D eigenvalue weighted by atomic mass is 35.5. The molecule has 0 bridgehead atoms. The molecule has 0 amide bonds. The van der Waals surface area contributed by atoms with Crippen molar-refractivity contribution in [3.8, 4) is 0 Å². The van der Waals surface area contributed by atoms with Crippen molar-refractivity contribution in [3.63, 3.8) is 0 Å². The van der Waals surface area contributed by atoms with Crippen LogP contribution in [0.5, 0.6) is 0 Å². The summed E-state index contributed by atoms with van der Waals surface area (Å²) in [5.41, 5.74) is 6.52. The van der Waals surface area contributed by atoms with Crippen LogP contribution in [-0.4, -0.2) is 41.8 Å². The monoisotopic (exact) mass is 415 g/mol. The molecule has 5 heteroatoms. The molecule has 0 radical (unpaired) electrons. The summed E-state index contributed by atoms with van der Waals surface area (Å²) in [5, 5.41) is 0. The fraction of sp³-hybridized carbons (Fsp3) is 0.348. The zero-order chi connectivity index (χ0) is 17.3. The first-order valence-corrected chi connectivity index (χ1v) is 9.83. The maximum atomic E-state index is 4.76. The largest absolute Gasteiger partial charge is 0.324 e. The minimum Gasteiger partial charge on any atom is -0.324 e. The fourth-order valence-electron chi connectivity index (χ4n) is 4.36. The van der Waals surface area contributed by atoms with Crippen molar-refractivity contribution in [1.82, 2.24) is 9.80 Å². The lowest BCUT2D eigenvalue weighted by atomic mass is 9.97. The van der Waals surface area contributed by atoms with Crippen LogP contribution in [0.15, 0.2) is 53.5 Å². The van der Waals surface area contributed by atoms with Crippen LogP contribution in [-0.2, 0) is 6.54 Å². The number of rotatable bonds is 3. The van der Waals surface area contributed by atoms with Gasteiger partial charge in [0.1, 0.15) is 5.84 Å². The number of fused-ring (bicyclic) bond motifs is 3. The maximum Gasteiger partial charge on any atom is 0.136 e. The van der Waals surface area contributed by atoms with Crippen LogP contribution in [0.2, 0.25) is 0 Å². The molecule has 0 aliphatic carbocycles. The number of hydrogen-bond acceptors (Lipinski definition) is 3. The van der Waals surface area contributed by atoms with E-state index >= 15 is 0 Å². The number of benzene rings is 2. The molecule has 5 rings (SSSR count). The molecule has 0 saturated carbocycles. The number of halogens is 2. The molecule has 2 aromatic carbocycles. The number of piperidine rings is 1. The van der Waals surface area contributed by atoms with Crippen LogP contribution in [0.1, 0.15) is 41.5 Å². The first-order chi connectivity index (χ1) is 12.9. The van der Waals surface area contributed by atoms with Crippen LogP contribution in [0, 0.1) is 0 Å². The average molecular weight is 416 g/mol. The van der Waals surface area contributed by atoms with Gasteiger partial charge in [-0.2, -0.15) is 0 Å². The Morgan fingerprint density at radius 1 is 0.821 bits per heavy atom. The molecule has 0 N–H and O–H groups in total. The van der Waals surface area contributed by atoms with Gasteiger partial charge in [0.15, 0.2) is 0 Å². The first kappa shape index (κ1) is 20.9. The second-order valence-corrected chi connectivity index (χ2v) is 7.51. The lowest BCUT2D eigenvalue weighted by Gasteiger charge is -2.29. The topological polar surface area (TPSA) is 18.8 Å². The van der Waals surface area contributed by atoms with Crippen LogP contribution >= 0.6 is 24.8 Å². The second kappa shape index (κ2) is 9.13. The third-order valence-electron chi connectivity index (χ3n) is 5.73. The average Bonchev–Trinajstić information content (AvgIpc) is 3.19. The van der Waals surface area contributed by atoms with E-state index in [1.165, 1.54) is 60.3 Å². The molecule has 0 aromatic heterocycles. The summed E-state index contributed by atoms with van der Waals surface area (Å²) in [5.74, 6) is 1.13. The Morgan fingerprint density at radius 2 is 1.57 bits per heavy atom. The molecule has 3 heterocycles. The molecule has 2 aromatic rings. The van der Waals surface area contributed by atoms with Gasteiger partial charge in [0.25, 0.3) is 0 Å². The number of hydrogen-bond donors (Lipinski definition) is 0. The van der Waals surface area contributed by atoms with Crippen molar-refractivity contribution in [2.75, 3.05) is 26.2 Å². The molecule has 28 heavy (non-hydrogen) atoms. The Hall–Kier alpha value is -1.81. The predicted octanol–water partition coefficient (Wildman–Crippen LogP) is 5.09. The molecular formula is C23H27Cl2N3. The Kier molecular flexibility index (Phi) is 6.82. The Bertz CT molecular complexity index is 868. The quantitative estimate of drug-likeness (QED) is 0.694. The predicted molar refractivity (Wildman–Crippen MR) is 122 cm³/mol. The van der Waals surface area contributed by atoms with Crippen LogP contribution in [0.4, 0.5) is 0 Å². The van der Waals surface area contributed by atoms with Gasteiger partial charge in [-0.3, -0.25) is 9.89 Å². The van der Waals surface area contributed by atoms with Crippen LogP contribution in [0.3, 0.4) is 0 Å². The first-order valence-electron chi connectivity index (χ1n) is 9.83. The van der Waals surface area contributed by atoms with E-state index in [-0.39, 0.29) is 24.8 Å². The smallest absolute Gasteiger partial charge is 0.136 e. The van der Waals surface area contributed by atoms with Gasteiger partial charge in [0.2, 0.25) is 0 Å². The number of aliphatic imine (C=N–C) groups is 1. The maximum absolute atomic E-state index is 4.76. The molecule has 148 valence electrons. The SMILES string of the molecule is C1=C(c2ccc(CN3CCCCC3)cc2)N2CCN=C2c2ccccc21.Cl.Cl. The van der Waals surface area contributed by atoms with Gasteiger partial charge in [0.05, 0.1) is 12.2 Å². The number of nitrogens with zero attached hydrogens (tertiary/aromatic N) is 3. The molecule has 1 saturated heterocycles. The molecule has 3 aliphatic rings.